The van der Waals surface area contributed by atoms with Crippen molar-refractivity contribution in [2.45, 2.75) is 32.3 Å². The number of morpholine rings is 1. The fraction of sp³-hybridized carbons (Fsp3) is 0.409. The molecular formula is C22H24ClN3O3. The summed E-state index contributed by atoms with van der Waals surface area (Å²) < 4.78 is 11.4. The quantitative estimate of drug-likeness (QED) is 0.411. The van der Waals surface area contributed by atoms with Gasteiger partial charge in [0.05, 0.1) is 18.7 Å². The maximum Gasteiger partial charge on any atom is 0.255 e. The lowest BCUT2D eigenvalue weighted by Crippen LogP contribution is -2.47. The number of rotatable bonds is 6. The van der Waals surface area contributed by atoms with Gasteiger partial charge in [0.25, 0.3) is 5.91 Å². The summed E-state index contributed by atoms with van der Waals surface area (Å²) in [6.07, 6.45) is 7.65. The van der Waals surface area contributed by atoms with Crippen LogP contribution in [0.4, 0.5) is 0 Å². The van der Waals surface area contributed by atoms with Crippen molar-refractivity contribution in [2.75, 3.05) is 26.3 Å². The van der Waals surface area contributed by atoms with Crippen molar-refractivity contribution >= 4 is 17.5 Å². The summed E-state index contributed by atoms with van der Waals surface area (Å²) in [4.78, 5) is 22.8. The monoisotopic (exact) mass is 413 g/mol. The molecule has 1 unspecified atom stereocenters. The topological polar surface area (TPSA) is 64.6 Å². The van der Waals surface area contributed by atoms with Crippen molar-refractivity contribution < 1.29 is 14.3 Å². The molecule has 0 aliphatic carbocycles. The summed E-state index contributed by atoms with van der Waals surface area (Å²) >= 11 is 6.01. The fourth-order valence-corrected chi connectivity index (χ4v) is 3.08. The van der Waals surface area contributed by atoms with E-state index >= 15 is 0 Å². The second-order valence-corrected chi connectivity index (χ2v) is 7.07. The van der Waals surface area contributed by atoms with E-state index in [0.29, 0.717) is 36.2 Å². The highest BCUT2D eigenvalue weighted by Gasteiger charge is 2.26. The van der Waals surface area contributed by atoms with E-state index in [9.17, 15) is 4.79 Å². The molecule has 0 spiro atoms. The minimum absolute atomic E-state index is 0.0811. The zero-order chi connectivity index (χ0) is 20.5. The Labute approximate surface area is 176 Å². The molecular weight excluding hydrogens is 390 g/mol. The van der Waals surface area contributed by atoms with E-state index in [4.69, 9.17) is 21.1 Å². The molecule has 152 valence electrons. The van der Waals surface area contributed by atoms with Gasteiger partial charge in [0.15, 0.2) is 10.9 Å². The molecule has 1 amide bonds. The van der Waals surface area contributed by atoms with E-state index in [0.717, 1.165) is 24.8 Å². The fourth-order valence-electron chi connectivity index (χ4n) is 2.90. The van der Waals surface area contributed by atoms with Crippen LogP contribution < -0.4 is 4.74 Å². The number of carbonyl (C=O) groups is 1. The molecule has 1 atom stereocenters. The molecule has 1 aliphatic rings. The van der Waals surface area contributed by atoms with E-state index in [2.05, 4.69) is 28.7 Å². The number of unbranched alkanes of at least 4 members (excludes halogenated alkanes) is 2. The standard InChI is InChI=1S/C22H24ClN3O3/c1-2-3-4-5-7-17-12-18(14-24-13-17)22(27)26-10-11-28-19(15-26)16-29-20-8-6-9-25-21(20)23/h6,8-9,12-14,19H,2-4,10-11,15-16H2,1H3. The number of aromatic nitrogens is 2. The number of hydrogen-bond acceptors (Lipinski definition) is 5. The molecule has 1 fully saturated rings. The van der Waals surface area contributed by atoms with Gasteiger partial charge in [0, 0.05) is 37.1 Å². The van der Waals surface area contributed by atoms with Crippen molar-refractivity contribution in [1.82, 2.24) is 14.9 Å². The van der Waals surface area contributed by atoms with Gasteiger partial charge in [-0.1, -0.05) is 36.8 Å². The Morgan fingerprint density at radius 3 is 3.17 bits per heavy atom. The van der Waals surface area contributed by atoms with Gasteiger partial charge in [0.1, 0.15) is 12.7 Å². The van der Waals surface area contributed by atoms with Crippen LogP contribution in [-0.4, -0.2) is 53.2 Å². The Hall–Kier alpha value is -2.62. The number of carbonyl (C=O) groups excluding carboxylic acids is 1. The Morgan fingerprint density at radius 1 is 1.45 bits per heavy atom. The Bertz CT molecular complexity index is 894. The summed E-state index contributed by atoms with van der Waals surface area (Å²) in [6.45, 7) is 3.83. The van der Waals surface area contributed by atoms with Crippen molar-refractivity contribution in [3.8, 4) is 17.6 Å². The summed E-state index contributed by atoms with van der Waals surface area (Å²) in [7, 11) is 0. The molecule has 3 heterocycles. The largest absolute Gasteiger partial charge is 0.488 e. The van der Waals surface area contributed by atoms with Crippen LogP contribution in [0.1, 0.15) is 42.1 Å². The number of hydrogen-bond donors (Lipinski definition) is 0. The molecule has 2 aromatic heterocycles. The Morgan fingerprint density at radius 2 is 2.34 bits per heavy atom. The average molecular weight is 414 g/mol. The summed E-state index contributed by atoms with van der Waals surface area (Å²) in [5, 5.41) is 0.305. The maximum atomic E-state index is 12.9. The zero-order valence-electron chi connectivity index (χ0n) is 16.4. The first-order valence-electron chi connectivity index (χ1n) is 9.75. The van der Waals surface area contributed by atoms with Crippen LogP contribution in [0.15, 0.2) is 36.8 Å². The second kappa shape index (κ2) is 10.8. The van der Waals surface area contributed by atoms with Crippen LogP contribution in [0.2, 0.25) is 5.15 Å². The van der Waals surface area contributed by atoms with Crippen molar-refractivity contribution in [1.29, 1.82) is 0 Å². The molecule has 1 aliphatic heterocycles. The third kappa shape index (κ3) is 6.18. The summed E-state index contributed by atoms with van der Waals surface area (Å²) in [6, 6.07) is 5.30. The first kappa shape index (κ1) is 21.1. The highest BCUT2D eigenvalue weighted by atomic mass is 35.5. The number of ether oxygens (including phenoxy) is 2. The molecule has 0 N–H and O–H groups in total. The van der Waals surface area contributed by atoms with Gasteiger partial charge in [-0.05, 0) is 24.6 Å². The third-order valence-corrected chi connectivity index (χ3v) is 4.73. The molecule has 6 nitrogen and oxygen atoms in total. The normalized spacial score (nSPS) is 16.1. The van der Waals surface area contributed by atoms with Crippen molar-refractivity contribution in [3.63, 3.8) is 0 Å². The highest BCUT2D eigenvalue weighted by Crippen LogP contribution is 2.21. The lowest BCUT2D eigenvalue weighted by Gasteiger charge is -2.32. The number of nitrogens with zero attached hydrogens (tertiary/aromatic N) is 3. The summed E-state index contributed by atoms with van der Waals surface area (Å²) in [5.41, 5.74) is 1.29. The van der Waals surface area contributed by atoms with Crippen molar-refractivity contribution in [2.24, 2.45) is 0 Å². The van der Waals surface area contributed by atoms with Crippen LogP contribution in [0.3, 0.4) is 0 Å². The van der Waals surface area contributed by atoms with Gasteiger partial charge in [0.2, 0.25) is 0 Å². The first-order valence-corrected chi connectivity index (χ1v) is 10.1. The number of pyridine rings is 2. The lowest BCUT2D eigenvalue weighted by molar-refractivity contribution is -0.0401. The SMILES string of the molecule is CCCCC#Cc1cncc(C(=O)N2CCOC(COc3cccnc3Cl)C2)c1. The molecule has 2 aromatic rings. The average Bonchev–Trinajstić information content (AvgIpc) is 2.76. The van der Waals surface area contributed by atoms with E-state index in [1.807, 2.05) is 0 Å². The van der Waals surface area contributed by atoms with Crippen LogP contribution in [-0.2, 0) is 4.74 Å². The molecule has 3 rings (SSSR count). The van der Waals surface area contributed by atoms with Gasteiger partial charge < -0.3 is 14.4 Å². The minimum atomic E-state index is -0.242. The molecule has 0 bridgehead atoms. The van der Waals surface area contributed by atoms with E-state index in [1.165, 1.54) is 0 Å². The predicted molar refractivity (Wildman–Crippen MR) is 111 cm³/mol. The Balaban J connectivity index is 1.59. The van der Waals surface area contributed by atoms with Crippen LogP contribution in [0.5, 0.6) is 5.75 Å². The zero-order valence-corrected chi connectivity index (χ0v) is 17.2. The van der Waals surface area contributed by atoms with Gasteiger partial charge in [-0.3, -0.25) is 9.78 Å². The highest BCUT2D eigenvalue weighted by molar-refractivity contribution is 6.30. The second-order valence-electron chi connectivity index (χ2n) is 6.71. The third-order valence-electron chi connectivity index (χ3n) is 4.45. The number of amides is 1. The molecule has 0 radical (unpaired) electrons. The van der Waals surface area contributed by atoms with Gasteiger partial charge in [-0.15, -0.1) is 0 Å². The Kier molecular flexibility index (Phi) is 7.85. The predicted octanol–water partition coefficient (Wildman–Crippen LogP) is 3.59. The van der Waals surface area contributed by atoms with Crippen molar-refractivity contribution in [3.05, 3.63) is 53.1 Å². The van der Waals surface area contributed by atoms with Gasteiger partial charge in [-0.25, -0.2) is 4.98 Å². The minimum Gasteiger partial charge on any atom is -0.488 e. The number of halogens is 1. The smallest absolute Gasteiger partial charge is 0.255 e. The lowest BCUT2D eigenvalue weighted by atomic mass is 10.1. The van der Waals surface area contributed by atoms with Gasteiger partial charge in [-0.2, -0.15) is 0 Å². The van der Waals surface area contributed by atoms with Gasteiger partial charge >= 0.3 is 0 Å². The van der Waals surface area contributed by atoms with E-state index in [1.54, 1.807) is 41.7 Å². The van der Waals surface area contributed by atoms with E-state index < -0.39 is 0 Å². The van der Waals surface area contributed by atoms with E-state index in [-0.39, 0.29) is 18.6 Å². The summed E-state index contributed by atoms with van der Waals surface area (Å²) in [5.74, 6) is 6.63. The molecule has 1 saturated heterocycles. The van der Waals surface area contributed by atoms with Crippen LogP contribution in [0, 0.1) is 11.8 Å². The first-order chi connectivity index (χ1) is 14.2. The molecule has 29 heavy (non-hydrogen) atoms. The molecule has 0 saturated carbocycles. The maximum absolute atomic E-state index is 12.9. The van der Waals surface area contributed by atoms with Crippen LogP contribution >= 0.6 is 11.6 Å². The molecule has 7 heteroatoms. The van der Waals surface area contributed by atoms with Crippen LogP contribution in [0.25, 0.3) is 0 Å². The molecule has 0 aromatic carbocycles.